The zero-order chi connectivity index (χ0) is 24.0. The van der Waals surface area contributed by atoms with E-state index in [0.717, 1.165) is 25.7 Å². The molecule has 1 saturated heterocycles. The Morgan fingerprint density at radius 3 is 2.33 bits per heavy atom. The van der Waals surface area contributed by atoms with E-state index in [1.165, 1.54) is 38.5 Å². The predicted octanol–water partition coefficient (Wildman–Crippen LogP) is 7.07. The van der Waals surface area contributed by atoms with Crippen LogP contribution in [0.25, 0.3) is 0 Å². The fourth-order valence-corrected chi connectivity index (χ4v) is 10.0. The molecule has 186 valence electrons. The third kappa shape index (κ3) is 3.12. The second-order valence-electron chi connectivity index (χ2n) is 14.0. The van der Waals surface area contributed by atoms with Crippen molar-refractivity contribution in [3.05, 3.63) is 11.1 Å². The van der Waals surface area contributed by atoms with Gasteiger partial charge in [0, 0.05) is 0 Å². The number of hydrogen-bond donors (Lipinski definition) is 1. The van der Waals surface area contributed by atoms with Gasteiger partial charge >= 0.3 is 5.97 Å². The molecule has 0 bridgehead atoms. The minimum absolute atomic E-state index is 0.00189. The number of carbonyl (C=O) groups excluding carboxylic acids is 1. The lowest BCUT2D eigenvalue weighted by Gasteiger charge is -2.62. The number of fused-ring (bicyclic) bond motifs is 4. The van der Waals surface area contributed by atoms with Gasteiger partial charge in [0.05, 0.1) is 12.0 Å². The Morgan fingerprint density at radius 2 is 1.64 bits per heavy atom. The number of aliphatic hydroxyl groups is 1. The van der Waals surface area contributed by atoms with Crippen molar-refractivity contribution in [3.63, 3.8) is 0 Å². The van der Waals surface area contributed by atoms with Crippen LogP contribution in [0, 0.1) is 45.3 Å². The molecule has 0 amide bonds. The molecule has 3 fully saturated rings. The minimum atomic E-state index is -0.167. The zero-order valence-electron chi connectivity index (χ0n) is 22.3. The standard InChI is InChI=1S/C30H48O3/c1-18-8-10-23(33-26(18)32)19(2)20-12-16-30(7)22-9-11-24-27(3,4)25(31)14-15-28(24,5)21(22)13-17-29(20,30)6/h18-20,23-25,31H,8-17H2,1-7H3. The Hall–Kier alpha value is -0.830. The van der Waals surface area contributed by atoms with Crippen LogP contribution >= 0.6 is 0 Å². The van der Waals surface area contributed by atoms with Gasteiger partial charge in [-0.25, -0.2) is 0 Å². The van der Waals surface area contributed by atoms with Crippen LogP contribution in [0.2, 0.25) is 0 Å². The lowest BCUT2D eigenvalue weighted by Crippen LogP contribution is -2.55. The summed E-state index contributed by atoms with van der Waals surface area (Å²) in [4.78, 5) is 12.3. The third-order valence-electron chi connectivity index (χ3n) is 12.6. The highest BCUT2D eigenvalue weighted by Crippen LogP contribution is 2.72. The van der Waals surface area contributed by atoms with E-state index in [2.05, 4.69) is 41.5 Å². The summed E-state index contributed by atoms with van der Waals surface area (Å²) in [5.74, 6) is 1.73. The molecule has 0 spiro atoms. The summed E-state index contributed by atoms with van der Waals surface area (Å²) in [6, 6.07) is 0. The van der Waals surface area contributed by atoms with Crippen molar-refractivity contribution in [2.75, 3.05) is 0 Å². The van der Waals surface area contributed by atoms with E-state index in [4.69, 9.17) is 4.74 Å². The van der Waals surface area contributed by atoms with Crippen LogP contribution in [-0.2, 0) is 9.53 Å². The molecule has 0 aromatic carbocycles. The lowest BCUT2D eigenvalue weighted by molar-refractivity contribution is -0.165. The lowest BCUT2D eigenvalue weighted by atomic mass is 9.43. The monoisotopic (exact) mass is 456 g/mol. The van der Waals surface area contributed by atoms with Gasteiger partial charge in [-0.05, 0) is 104 Å². The SMILES string of the molecule is CC1CCC(C(C)C2CCC3(C)C4=C(CCC23C)C2(C)CCC(O)C(C)(C)C2CC4)OC1=O. The van der Waals surface area contributed by atoms with Crippen molar-refractivity contribution in [1.82, 2.24) is 0 Å². The molecule has 9 unspecified atom stereocenters. The van der Waals surface area contributed by atoms with Gasteiger partial charge in [0.25, 0.3) is 0 Å². The molecule has 3 nitrogen and oxygen atoms in total. The van der Waals surface area contributed by atoms with E-state index < -0.39 is 0 Å². The Labute approximate surface area is 202 Å². The first-order valence-electron chi connectivity index (χ1n) is 14.0. The number of ether oxygens (including phenoxy) is 1. The van der Waals surface area contributed by atoms with Gasteiger partial charge in [0.2, 0.25) is 0 Å². The number of carbonyl (C=O) groups is 1. The van der Waals surface area contributed by atoms with Gasteiger partial charge in [-0.1, -0.05) is 59.6 Å². The Bertz CT molecular complexity index is 857. The van der Waals surface area contributed by atoms with Crippen molar-refractivity contribution in [3.8, 4) is 0 Å². The van der Waals surface area contributed by atoms with Crippen LogP contribution < -0.4 is 0 Å². The molecule has 3 heteroatoms. The van der Waals surface area contributed by atoms with Gasteiger partial charge < -0.3 is 9.84 Å². The van der Waals surface area contributed by atoms with E-state index in [1.54, 1.807) is 11.1 Å². The Kier molecular flexibility index (Phi) is 5.49. The van der Waals surface area contributed by atoms with Crippen molar-refractivity contribution < 1.29 is 14.6 Å². The first-order valence-corrected chi connectivity index (χ1v) is 14.0. The molecule has 1 aliphatic heterocycles. The van der Waals surface area contributed by atoms with Gasteiger partial charge in [0.1, 0.15) is 6.10 Å². The van der Waals surface area contributed by atoms with Crippen molar-refractivity contribution in [2.24, 2.45) is 45.3 Å². The van der Waals surface area contributed by atoms with Crippen LogP contribution in [0.5, 0.6) is 0 Å². The molecule has 2 saturated carbocycles. The molecule has 0 aromatic heterocycles. The Balaban J connectivity index is 1.46. The maximum absolute atomic E-state index is 12.3. The number of hydrogen-bond acceptors (Lipinski definition) is 3. The zero-order valence-corrected chi connectivity index (χ0v) is 22.3. The van der Waals surface area contributed by atoms with Gasteiger partial charge in [-0.3, -0.25) is 4.79 Å². The molecular weight excluding hydrogens is 408 g/mol. The predicted molar refractivity (Wildman–Crippen MR) is 132 cm³/mol. The number of allylic oxidation sites excluding steroid dienone is 2. The number of aliphatic hydroxyl groups excluding tert-OH is 1. The van der Waals surface area contributed by atoms with E-state index in [9.17, 15) is 9.90 Å². The maximum Gasteiger partial charge on any atom is 0.308 e. The van der Waals surface area contributed by atoms with Crippen LogP contribution in [0.4, 0.5) is 0 Å². The number of esters is 1. The Morgan fingerprint density at radius 1 is 0.909 bits per heavy atom. The molecule has 33 heavy (non-hydrogen) atoms. The fraction of sp³-hybridized carbons (Fsp3) is 0.900. The molecular formula is C30H48O3. The summed E-state index contributed by atoms with van der Waals surface area (Å²) >= 11 is 0. The molecule has 4 aliphatic carbocycles. The van der Waals surface area contributed by atoms with Crippen molar-refractivity contribution in [2.45, 2.75) is 125 Å². The first kappa shape index (κ1) is 23.9. The van der Waals surface area contributed by atoms with Gasteiger partial charge in [-0.15, -0.1) is 0 Å². The first-order chi connectivity index (χ1) is 15.4. The summed E-state index contributed by atoms with van der Waals surface area (Å²) in [7, 11) is 0. The van der Waals surface area contributed by atoms with E-state index in [-0.39, 0.29) is 45.8 Å². The van der Waals surface area contributed by atoms with Gasteiger partial charge in [0.15, 0.2) is 0 Å². The summed E-state index contributed by atoms with van der Waals surface area (Å²) < 4.78 is 5.98. The molecule has 9 atom stereocenters. The summed E-state index contributed by atoms with van der Waals surface area (Å²) in [6.45, 7) is 16.7. The topological polar surface area (TPSA) is 46.5 Å². The second-order valence-corrected chi connectivity index (χ2v) is 14.0. The van der Waals surface area contributed by atoms with Crippen LogP contribution in [0.3, 0.4) is 0 Å². The van der Waals surface area contributed by atoms with E-state index in [1.807, 2.05) is 6.92 Å². The molecule has 0 aromatic rings. The highest BCUT2D eigenvalue weighted by Gasteiger charge is 2.63. The maximum atomic E-state index is 12.3. The van der Waals surface area contributed by atoms with Crippen LogP contribution in [0.15, 0.2) is 11.1 Å². The normalized spacial score (nSPS) is 50.2. The summed E-state index contributed by atoms with van der Waals surface area (Å²) in [6.07, 6.45) is 11.5. The third-order valence-corrected chi connectivity index (χ3v) is 12.6. The molecule has 1 N–H and O–H groups in total. The summed E-state index contributed by atoms with van der Waals surface area (Å²) in [5.41, 5.74) is 4.38. The summed E-state index contributed by atoms with van der Waals surface area (Å²) in [5, 5.41) is 10.8. The fourth-order valence-electron chi connectivity index (χ4n) is 10.0. The largest absolute Gasteiger partial charge is 0.462 e. The number of cyclic esters (lactones) is 1. The number of rotatable bonds is 2. The second kappa shape index (κ2) is 7.58. The van der Waals surface area contributed by atoms with Crippen molar-refractivity contribution in [1.29, 1.82) is 0 Å². The molecule has 5 rings (SSSR count). The van der Waals surface area contributed by atoms with Crippen LogP contribution in [0.1, 0.15) is 113 Å². The highest BCUT2D eigenvalue weighted by atomic mass is 16.5. The van der Waals surface area contributed by atoms with E-state index >= 15 is 0 Å². The van der Waals surface area contributed by atoms with Crippen LogP contribution in [-0.4, -0.2) is 23.3 Å². The smallest absolute Gasteiger partial charge is 0.308 e. The minimum Gasteiger partial charge on any atom is -0.462 e. The average molecular weight is 457 g/mol. The van der Waals surface area contributed by atoms with E-state index in [0.29, 0.717) is 17.8 Å². The van der Waals surface area contributed by atoms with Gasteiger partial charge in [-0.2, -0.15) is 0 Å². The highest BCUT2D eigenvalue weighted by molar-refractivity contribution is 5.72. The average Bonchev–Trinajstić information content (AvgIpc) is 3.04. The quantitative estimate of drug-likeness (QED) is 0.357. The molecule has 1 heterocycles. The van der Waals surface area contributed by atoms with Crippen molar-refractivity contribution >= 4 is 5.97 Å². The molecule has 0 radical (unpaired) electrons. The molecule has 5 aliphatic rings.